The van der Waals surface area contributed by atoms with Crippen LogP contribution >= 0.6 is 0 Å². The van der Waals surface area contributed by atoms with Gasteiger partial charge in [0, 0.05) is 36.8 Å². The molecule has 0 spiro atoms. The van der Waals surface area contributed by atoms with Crippen molar-refractivity contribution in [1.29, 1.82) is 0 Å². The van der Waals surface area contributed by atoms with Gasteiger partial charge in [0.1, 0.15) is 5.82 Å². The van der Waals surface area contributed by atoms with E-state index < -0.39 is 23.3 Å². The van der Waals surface area contributed by atoms with E-state index in [1.165, 1.54) is 24.3 Å². The van der Waals surface area contributed by atoms with E-state index in [1.807, 2.05) is 0 Å². The third-order valence-corrected chi connectivity index (χ3v) is 5.02. The third kappa shape index (κ3) is 4.79. The number of hydrogen-bond donors (Lipinski definition) is 0. The monoisotopic (exact) mass is 396 g/mol. The number of rotatable bonds is 4. The van der Waals surface area contributed by atoms with Gasteiger partial charge in [-0.15, -0.1) is 0 Å². The zero-order valence-electron chi connectivity index (χ0n) is 15.2. The fourth-order valence-corrected chi connectivity index (χ4v) is 3.77. The average molecular weight is 396 g/mol. The third-order valence-electron chi connectivity index (χ3n) is 5.02. The summed E-state index contributed by atoms with van der Waals surface area (Å²) in [5.41, 5.74) is 1.15. The number of nitro benzene ring substituents is 1. The summed E-state index contributed by atoms with van der Waals surface area (Å²) in [4.78, 5) is 12.4. The van der Waals surface area contributed by atoms with Gasteiger partial charge in [-0.05, 0) is 41.7 Å². The lowest BCUT2D eigenvalue weighted by atomic mass is 9.84. The lowest BCUT2D eigenvalue weighted by Crippen LogP contribution is -2.38. The molecule has 2 aromatic carbocycles. The second-order valence-corrected chi connectivity index (χ2v) is 7.36. The predicted molar refractivity (Wildman–Crippen MR) is 98.0 cm³/mol. The van der Waals surface area contributed by atoms with Crippen molar-refractivity contribution in [3.63, 3.8) is 0 Å². The molecule has 2 atom stereocenters. The van der Waals surface area contributed by atoms with Crippen LogP contribution in [0.4, 0.5) is 28.9 Å². The molecule has 0 radical (unpaired) electrons. The Balaban J connectivity index is 1.79. The highest BCUT2D eigenvalue weighted by Crippen LogP contribution is 2.34. The molecule has 0 amide bonds. The molecule has 0 N–H and O–H groups in total. The molecular formula is C20H20F4N2O2. The van der Waals surface area contributed by atoms with Crippen molar-refractivity contribution >= 4 is 11.4 Å². The van der Waals surface area contributed by atoms with Crippen molar-refractivity contribution in [3.05, 3.63) is 69.5 Å². The SMILES string of the molecule is CC1CC(c2ccc(CC(F)(F)F)c(F)c2)CN(c2ccc([N+](=O)[O-])cc2)C1. The predicted octanol–water partition coefficient (Wildman–Crippen LogP) is 5.47. The van der Waals surface area contributed by atoms with E-state index in [4.69, 9.17) is 0 Å². The van der Waals surface area contributed by atoms with E-state index >= 15 is 0 Å². The van der Waals surface area contributed by atoms with Crippen LogP contribution in [-0.2, 0) is 6.42 Å². The normalized spacial score (nSPS) is 20.2. The molecule has 4 nitrogen and oxygen atoms in total. The number of anilines is 1. The molecule has 8 heteroatoms. The summed E-state index contributed by atoms with van der Waals surface area (Å²) >= 11 is 0. The number of non-ortho nitro benzene ring substituents is 1. The molecule has 3 rings (SSSR count). The van der Waals surface area contributed by atoms with Gasteiger partial charge in [0.05, 0.1) is 11.3 Å². The first-order chi connectivity index (χ1) is 13.1. The van der Waals surface area contributed by atoms with Crippen LogP contribution in [0.25, 0.3) is 0 Å². The molecule has 2 unspecified atom stereocenters. The maximum Gasteiger partial charge on any atom is 0.393 e. The molecule has 1 aliphatic heterocycles. The Bertz CT molecular complexity index is 852. The first-order valence-electron chi connectivity index (χ1n) is 8.97. The summed E-state index contributed by atoms with van der Waals surface area (Å²) < 4.78 is 51.8. The Kier molecular flexibility index (Phi) is 5.58. The Morgan fingerprint density at radius 3 is 2.39 bits per heavy atom. The van der Waals surface area contributed by atoms with Crippen LogP contribution in [0.15, 0.2) is 42.5 Å². The fraction of sp³-hybridized carbons (Fsp3) is 0.400. The van der Waals surface area contributed by atoms with Crippen LogP contribution in [0, 0.1) is 21.8 Å². The van der Waals surface area contributed by atoms with Gasteiger partial charge in [0.25, 0.3) is 5.69 Å². The average Bonchev–Trinajstić information content (AvgIpc) is 2.62. The van der Waals surface area contributed by atoms with E-state index in [2.05, 4.69) is 11.8 Å². The Hall–Kier alpha value is -2.64. The van der Waals surface area contributed by atoms with E-state index in [0.29, 0.717) is 12.1 Å². The standard InChI is InChI=1S/C20H20F4N2O2/c1-13-8-16(14-2-3-15(19(21)9-14)10-20(22,23)24)12-25(11-13)17-4-6-18(7-5-17)26(27)28/h2-7,9,13,16H,8,10-12H2,1H3. The summed E-state index contributed by atoms with van der Waals surface area (Å²) in [6.45, 7) is 3.38. The second-order valence-electron chi connectivity index (χ2n) is 7.36. The quantitative estimate of drug-likeness (QED) is 0.391. The second kappa shape index (κ2) is 7.77. The number of nitro groups is 1. The highest BCUT2D eigenvalue weighted by atomic mass is 19.4. The van der Waals surface area contributed by atoms with Crippen LogP contribution in [0.5, 0.6) is 0 Å². The summed E-state index contributed by atoms with van der Waals surface area (Å²) in [6, 6.07) is 10.2. The summed E-state index contributed by atoms with van der Waals surface area (Å²) in [5.74, 6) is -0.588. The van der Waals surface area contributed by atoms with Crippen LogP contribution < -0.4 is 4.90 Å². The van der Waals surface area contributed by atoms with Gasteiger partial charge < -0.3 is 4.90 Å². The number of halogens is 4. The van der Waals surface area contributed by atoms with Gasteiger partial charge in [0.2, 0.25) is 0 Å². The highest BCUT2D eigenvalue weighted by molar-refractivity contribution is 5.52. The van der Waals surface area contributed by atoms with Gasteiger partial charge in [-0.1, -0.05) is 19.1 Å². The van der Waals surface area contributed by atoms with Crippen molar-refractivity contribution in [2.24, 2.45) is 5.92 Å². The molecule has 28 heavy (non-hydrogen) atoms. The molecule has 0 bridgehead atoms. The first-order valence-corrected chi connectivity index (χ1v) is 8.97. The van der Waals surface area contributed by atoms with Crippen LogP contribution in [0.3, 0.4) is 0 Å². The zero-order valence-corrected chi connectivity index (χ0v) is 15.2. The highest BCUT2D eigenvalue weighted by Gasteiger charge is 2.30. The minimum Gasteiger partial charge on any atom is -0.371 e. The van der Waals surface area contributed by atoms with E-state index in [1.54, 1.807) is 18.2 Å². The van der Waals surface area contributed by atoms with Crippen molar-refractivity contribution in [1.82, 2.24) is 0 Å². The van der Waals surface area contributed by atoms with Crippen LogP contribution in [-0.4, -0.2) is 24.2 Å². The van der Waals surface area contributed by atoms with Gasteiger partial charge in [-0.3, -0.25) is 10.1 Å². The number of benzene rings is 2. The molecule has 1 fully saturated rings. The number of nitrogens with zero attached hydrogens (tertiary/aromatic N) is 2. The van der Waals surface area contributed by atoms with Crippen molar-refractivity contribution in [3.8, 4) is 0 Å². The number of alkyl halides is 3. The summed E-state index contributed by atoms with van der Waals surface area (Å²) in [6.07, 6.45) is -4.94. The minimum atomic E-state index is -4.45. The van der Waals surface area contributed by atoms with Crippen LogP contribution in [0.2, 0.25) is 0 Å². The maximum atomic E-state index is 14.2. The lowest BCUT2D eigenvalue weighted by molar-refractivity contribution is -0.384. The van der Waals surface area contributed by atoms with E-state index in [-0.39, 0.29) is 23.1 Å². The molecule has 150 valence electrons. The minimum absolute atomic E-state index is 0.00711. The van der Waals surface area contributed by atoms with Gasteiger partial charge in [0.15, 0.2) is 0 Å². The van der Waals surface area contributed by atoms with Gasteiger partial charge in [-0.2, -0.15) is 13.2 Å². The number of piperidine rings is 1. The number of hydrogen-bond acceptors (Lipinski definition) is 3. The van der Waals surface area contributed by atoms with Gasteiger partial charge >= 0.3 is 6.18 Å². The zero-order chi connectivity index (χ0) is 20.5. The smallest absolute Gasteiger partial charge is 0.371 e. The topological polar surface area (TPSA) is 46.4 Å². The van der Waals surface area contributed by atoms with Crippen molar-refractivity contribution in [2.75, 3.05) is 18.0 Å². The Labute approximate surface area is 159 Å². The van der Waals surface area contributed by atoms with Gasteiger partial charge in [-0.25, -0.2) is 4.39 Å². The van der Waals surface area contributed by atoms with Crippen molar-refractivity contribution < 1.29 is 22.5 Å². The van der Waals surface area contributed by atoms with Crippen molar-refractivity contribution in [2.45, 2.75) is 31.9 Å². The molecular weight excluding hydrogens is 376 g/mol. The molecule has 1 saturated heterocycles. The maximum absolute atomic E-state index is 14.2. The lowest BCUT2D eigenvalue weighted by Gasteiger charge is -2.38. The molecule has 0 saturated carbocycles. The molecule has 1 aliphatic rings. The summed E-state index contributed by atoms with van der Waals surface area (Å²) in [5, 5.41) is 10.8. The van der Waals surface area contributed by atoms with E-state index in [9.17, 15) is 27.7 Å². The van der Waals surface area contributed by atoms with Crippen LogP contribution in [0.1, 0.15) is 30.4 Å². The Morgan fingerprint density at radius 1 is 1.14 bits per heavy atom. The molecule has 2 aromatic rings. The first kappa shape index (κ1) is 20.1. The largest absolute Gasteiger partial charge is 0.393 e. The molecule has 0 aromatic heterocycles. The van der Waals surface area contributed by atoms with E-state index in [0.717, 1.165) is 18.7 Å². The Morgan fingerprint density at radius 2 is 1.82 bits per heavy atom. The fourth-order valence-electron chi connectivity index (χ4n) is 3.77. The summed E-state index contributed by atoms with van der Waals surface area (Å²) in [7, 11) is 0. The molecule has 1 heterocycles. The molecule has 0 aliphatic carbocycles.